The van der Waals surface area contributed by atoms with Crippen LogP contribution in [0.25, 0.3) is 0 Å². The Balaban J connectivity index is 1.49. The van der Waals surface area contributed by atoms with Crippen LogP contribution in [0.15, 0.2) is 28.8 Å². The highest BCUT2D eigenvalue weighted by Crippen LogP contribution is 2.29. The molecule has 2 heterocycles. The van der Waals surface area contributed by atoms with Gasteiger partial charge in [0.15, 0.2) is 5.82 Å². The number of amides is 1. The maximum absolute atomic E-state index is 12.3. The average Bonchev–Trinajstić information content (AvgIpc) is 3.24. The number of rotatable bonds is 7. The number of nitrogens with one attached hydrogen (secondary N) is 1. The van der Waals surface area contributed by atoms with Crippen LogP contribution in [-0.4, -0.2) is 47.7 Å². The number of para-hydroxylation sites is 1. The molecule has 1 aliphatic rings. The molecule has 25 heavy (non-hydrogen) atoms. The summed E-state index contributed by atoms with van der Waals surface area (Å²) in [5.41, 5.74) is 1.09. The molecule has 1 N–H and O–H groups in total. The zero-order chi connectivity index (χ0) is 17.6. The van der Waals surface area contributed by atoms with Crippen molar-refractivity contribution < 1.29 is 14.1 Å². The Morgan fingerprint density at radius 1 is 1.44 bits per heavy atom. The molecular formula is C18H24N4O3. The summed E-state index contributed by atoms with van der Waals surface area (Å²) in [5, 5.41) is 6.99. The first-order valence-corrected chi connectivity index (χ1v) is 8.60. The average molecular weight is 344 g/mol. The van der Waals surface area contributed by atoms with Crippen molar-refractivity contribution in [3.8, 4) is 5.75 Å². The molecule has 1 aliphatic heterocycles. The second kappa shape index (κ2) is 8.11. The standard InChI is InChI=1S/C18H24N4O3/c1-13-20-18(21-25-13)15-7-5-11-22(15)12-17(23)19-10-9-14-6-3-4-8-16(14)24-2/h3-4,6,8,15H,5,7,9-12H2,1-2H3,(H,19,23)/t15-/m1/s1. The van der Waals surface area contributed by atoms with Gasteiger partial charge in [0, 0.05) is 13.5 Å². The first kappa shape index (κ1) is 17.4. The van der Waals surface area contributed by atoms with Gasteiger partial charge >= 0.3 is 0 Å². The predicted molar refractivity (Wildman–Crippen MR) is 92.3 cm³/mol. The molecule has 0 spiro atoms. The Morgan fingerprint density at radius 2 is 2.28 bits per heavy atom. The van der Waals surface area contributed by atoms with Crippen LogP contribution in [0.4, 0.5) is 0 Å². The van der Waals surface area contributed by atoms with Crippen molar-refractivity contribution in [2.45, 2.75) is 32.2 Å². The summed E-state index contributed by atoms with van der Waals surface area (Å²) >= 11 is 0. The fourth-order valence-electron chi connectivity index (χ4n) is 3.24. The number of likely N-dealkylation sites (tertiary alicyclic amines) is 1. The minimum absolute atomic E-state index is 0.0158. The van der Waals surface area contributed by atoms with Crippen molar-refractivity contribution in [1.29, 1.82) is 0 Å². The number of nitrogens with zero attached hydrogens (tertiary/aromatic N) is 3. The van der Waals surface area contributed by atoms with Gasteiger partial charge in [0.25, 0.3) is 0 Å². The molecule has 0 bridgehead atoms. The lowest BCUT2D eigenvalue weighted by Gasteiger charge is -2.21. The van der Waals surface area contributed by atoms with Crippen LogP contribution >= 0.6 is 0 Å². The summed E-state index contributed by atoms with van der Waals surface area (Å²) in [6.45, 7) is 3.59. The third-order valence-corrected chi connectivity index (χ3v) is 4.46. The van der Waals surface area contributed by atoms with Gasteiger partial charge in [-0.1, -0.05) is 23.4 Å². The van der Waals surface area contributed by atoms with Gasteiger partial charge in [-0.2, -0.15) is 4.98 Å². The van der Waals surface area contributed by atoms with E-state index in [1.807, 2.05) is 24.3 Å². The molecule has 1 aromatic carbocycles. The molecule has 1 saturated heterocycles. The molecule has 134 valence electrons. The van der Waals surface area contributed by atoms with Gasteiger partial charge in [0.1, 0.15) is 5.75 Å². The van der Waals surface area contributed by atoms with Gasteiger partial charge < -0.3 is 14.6 Å². The SMILES string of the molecule is COc1ccccc1CCNC(=O)CN1CCC[C@@H]1c1noc(C)n1. The summed E-state index contributed by atoms with van der Waals surface area (Å²) in [5.74, 6) is 2.10. The Morgan fingerprint density at radius 3 is 3.04 bits per heavy atom. The molecule has 0 aliphatic carbocycles. The first-order chi connectivity index (χ1) is 12.2. The lowest BCUT2D eigenvalue weighted by molar-refractivity contribution is -0.122. The molecule has 7 heteroatoms. The first-order valence-electron chi connectivity index (χ1n) is 8.60. The van der Waals surface area contributed by atoms with Gasteiger partial charge in [-0.05, 0) is 37.4 Å². The van der Waals surface area contributed by atoms with E-state index < -0.39 is 0 Å². The number of aromatic nitrogens is 2. The van der Waals surface area contributed by atoms with E-state index in [-0.39, 0.29) is 11.9 Å². The lowest BCUT2D eigenvalue weighted by Crippen LogP contribution is -2.38. The van der Waals surface area contributed by atoms with Gasteiger partial charge in [0.05, 0.1) is 19.7 Å². The summed E-state index contributed by atoms with van der Waals surface area (Å²) in [7, 11) is 1.66. The van der Waals surface area contributed by atoms with Crippen molar-refractivity contribution >= 4 is 5.91 Å². The third kappa shape index (κ3) is 4.36. The monoisotopic (exact) mass is 344 g/mol. The Hall–Kier alpha value is -2.41. The van der Waals surface area contributed by atoms with Crippen LogP contribution in [0.2, 0.25) is 0 Å². The highest BCUT2D eigenvalue weighted by molar-refractivity contribution is 5.78. The van der Waals surface area contributed by atoms with Crippen molar-refractivity contribution in [2.24, 2.45) is 0 Å². The number of methoxy groups -OCH3 is 1. The Kier molecular flexibility index (Phi) is 5.65. The van der Waals surface area contributed by atoms with Crippen molar-refractivity contribution in [3.63, 3.8) is 0 Å². The minimum Gasteiger partial charge on any atom is -0.496 e. The second-order valence-electron chi connectivity index (χ2n) is 6.21. The van der Waals surface area contributed by atoms with Crippen LogP contribution in [-0.2, 0) is 11.2 Å². The predicted octanol–water partition coefficient (Wildman–Crippen LogP) is 1.88. The number of carbonyl (C=O) groups is 1. The largest absolute Gasteiger partial charge is 0.496 e. The molecule has 7 nitrogen and oxygen atoms in total. The van der Waals surface area contributed by atoms with Crippen LogP contribution < -0.4 is 10.1 Å². The summed E-state index contributed by atoms with van der Waals surface area (Å²) in [6, 6.07) is 7.92. The van der Waals surface area contributed by atoms with Crippen molar-refractivity contribution in [1.82, 2.24) is 20.4 Å². The number of hydrogen-bond acceptors (Lipinski definition) is 6. The zero-order valence-electron chi connectivity index (χ0n) is 14.7. The summed E-state index contributed by atoms with van der Waals surface area (Å²) in [4.78, 5) is 18.7. The summed E-state index contributed by atoms with van der Waals surface area (Å²) < 4.78 is 10.4. The quantitative estimate of drug-likeness (QED) is 0.826. The van der Waals surface area contributed by atoms with E-state index >= 15 is 0 Å². The molecule has 3 rings (SSSR count). The molecule has 0 radical (unpaired) electrons. The Bertz CT molecular complexity index is 716. The van der Waals surface area contributed by atoms with E-state index in [4.69, 9.17) is 9.26 Å². The van der Waals surface area contributed by atoms with E-state index in [2.05, 4.69) is 20.4 Å². The van der Waals surface area contributed by atoms with E-state index in [9.17, 15) is 4.79 Å². The number of carbonyl (C=O) groups excluding carboxylic acids is 1. The van der Waals surface area contributed by atoms with Crippen LogP contribution in [0.1, 0.15) is 36.2 Å². The maximum Gasteiger partial charge on any atom is 0.234 e. The van der Waals surface area contributed by atoms with Gasteiger partial charge in [-0.3, -0.25) is 9.69 Å². The maximum atomic E-state index is 12.3. The number of hydrogen-bond donors (Lipinski definition) is 1. The minimum atomic E-state index is 0.0158. The van der Waals surface area contributed by atoms with Crippen LogP contribution in [0.5, 0.6) is 5.75 Å². The zero-order valence-corrected chi connectivity index (χ0v) is 14.7. The molecule has 1 fully saturated rings. The summed E-state index contributed by atoms with van der Waals surface area (Å²) in [6.07, 6.45) is 2.73. The van der Waals surface area contributed by atoms with Crippen LogP contribution in [0.3, 0.4) is 0 Å². The van der Waals surface area contributed by atoms with Gasteiger partial charge in [-0.25, -0.2) is 0 Å². The fourth-order valence-corrected chi connectivity index (χ4v) is 3.24. The molecule has 1 atom stereocenters. The Labute approximate surface area is 147 Å². The number of ether oxygens (including phenoxy) is 1. The van der Waals surface area contributed by atoms with E-state index in [0.717, 1.165) is 37.1 Å². The molecule has 0 unspecified atom stereocenters. The van der Waals surface area contributed by atoms with Crippen molar-refractivity contribution in [3.05, 3.63) is 41.5 Å². The van der Waals surface area contributed by atoms with Gasteiger partial charge in [0.2, 0.25) is 11.8 Å². The van der Waals surface area contributed by atoms with E-state index in [1.54, 1.807) is 14.0 Å². The topological polar surface area (TPSA) is 80.5 Å². The number of aryl methyl sites for hydroxylation is 1. The molecule has 1 aromatic heterocycles. The van der Waals surface area contributed by atoms with Crippen molar-refractivity contribution in [2.75, 3.05) is 26.7 Å². The molecular weight excluding hydrogens is 320 g/mol. The van der Waals surface area contributed by atoms with E-state index in [1.165, 1.54) is 0 Å². The third-order valence-electron chi connectivity index (χ3n) is 4.46. The molecule has 0 saturated carbocycles. The smallest absolute Gasteiger partial charge is 0.234 e. The normalized spacial score (nSPS) is 17.6. The highest BCUT2D eigenvalue weighted by Gasteiger charge is 2.30. The van der Waals surface area contributed by atoms with Crippen LogP contribution in [0, 0.1) is 6.92 Å². The second-order valence-corrected chi connectivity index (χ2v) is 6.21. The fraction of sp³-hybridized carbons (Fsp3) is 0.500. The molecule has 1 amide bonds. The lowest BCUT2D eigenvalue weighted by atomic mass is 10.1. The molecule has 2 aromatic rings. The number of benzene rings is 1. The van der Waals surface area contributed by atoms with Gasteiger partial charge in [-0.15, -0.1) is 0 Å². The highest BCUT2D eigenvalue weighted by atomic mass is 16.5. The van der Waals surface area contributed by atoms with E-state index in [0.29, 0.717) is 24.8 Å².